The van der Waals surface area contributed by atoms with Crippen LogP contribution in [-0.2, 0) is 0 Å². The number of hydrogen-bond donors (Lipinski definition) is 1. The van der Waals surface area contributed by atoms with Crippen LogP contribution in [0.25, 0.3) is 0 Å². The fraction of sp³-hybridized carbons (Fsp3) is 0.571. The first-order valence-electron chi connectivity index (χ1n) is 6.66. The van der Waals surface area contributed by atoms with Crippen LogP contribution < -0.4 is 5.32 Å². The second-order valence-corrected chi connectivity index (χ2v) is 5.06. The molecule has 0 saturated carbocycles. The van der Waals surface area contributed by atoms with E-state index in [1.54, 1.807) is 13.1 Å². The first-order chi connectivity index (χ1) is 9.03. The van der Waals surface area contributed by atoms with Gasteiger partial charge in [-0.1, -0.05) is 31.9 Å². The summed E-state index contributed by atoms with van der Waals surface area (Å²) < 4.78 is 0. The maximum atomic E-state index is 12.5. The molecule has 0 saturated heterocycles. The minimum atomic E-state index is -0.0355. The molecule has 5 heteroatoms. The molecule has 0 aliphatic heterocycles. The molecule has 1 unspecified atom stereocenters. The van der Waals surface area contributed by atoms with E-state index in [9.17, 15) is 4.79 Å². The Morgan fingerprint density at radius 3 is 2.74 bits per heavy atom. The van der Waals surface area contributed by atoms with Crippen molar-refractivity contribution < 1.29 is 4.79 Å². The smallest absolute Gasteiger partial charge is 0.255 e. The van der Waals surface area contributed by atoms with Gasteiger partial charge in [-0.25, -0.2) is 4.98 Å². The highest BCUT2D eigenvalue weighted by Crippen LogP contribution is 2.20. The summed E-state index contributed by atoms with van der Waals surface area (Å²) in [6, 6.07) is 1.70. The van der Waals surface area contributed by atoms with Gasteiger partial charge >= 0.3 is 0 Å². The van der Waals surface area contributed by atoms with E-state index >= 15 is 0 Å². The molecule has 0 bridgehead atoms. The first-order valence-corrected chi connectivity index (χ1v) is 7.03. The average Bonchev–Trinajstić information content (AvgIpc) is 2.44. The first kappa shape index (κ1) is 15.8. The Balaban J connectivity index is 2.96. The number of aromatic nitrogens is 1. The number of pyridine rings is 1. The van der Waals surface area contributed by atoms with Crippen LogP contribution in [0.15, 0.2) is 12.3 Å². The molecule has 0 aromatic carbocycles. The number of nitrogens with zero attached hydrogens (tertiary/aromatic N) is 2. The number of rotatable bonds is 6. The molecular formula is C14H22ClN3O. The SMILES string of the molecule is CCC(C)CN(CC)C(=O)c1cc(NC)ncc1Cl. The lowest BCUT2D eigenvalue weighted by Crippen LogP contribution is -2.34. The molecule has 1 aromatic heterocycles. The second kappa shape index (κ2) is 7.34. The summed E-state index contributed by atoms with van der Waals surface area (Å²) in [5, 5.41) is 3.31. The highest BCUT2D eigenvalue weighted by molar-refractivity contribution is 6.33. The predicted octanol–water partition coefficient (Wildman–Crippen LogP) is 3.28. The quantitative estimate of drug-likeness (QED) is 0.871. The zero-order valence-corrected chi connectivity index (χ0v) is 12.8. The van der Waals surface area contributed by atoms with Crippen molar-refractivity contribution in [3.05, 3.63) is 22.8 Å². The molecule has 0 aliphatic rings. The van der Waals surface area contributed by atoms with Gasteiger partial charge in [0.1, 0.15) is 5.82 Å². The highest BCUT2D eigenvalue weighted by Gasteiger charge is 2.19. The molecule has 1 N–H and O–H groups in total. The average molecular weight is 284 g/mol. The van der Waals surface area contributed by atoms with Gasteiger partial charge in [-0.05, 0) is 18.9 Å². The van der Waals surface area contributed by atoms with Gasteiger partial charge in [0, 0.05) is 26.3 Å². The molecule has 0 aliphatic carbocycles. The van der Waals surface area contributed by atoms with Crippen LogP contribution in [0.4, 0.5) is 5.82 Å². The van der Waals surface area contributed by atoms with Gasteiger partial charge in [-0.2, -0.15) is 0 Å². The van der Waals surface area contributed by atoms with Crippen LogP contribution >= 0.6 is 11.6 Å². The number of hydrogen-bond acceptors (Lipinski definition) is 3. The van der Waals surface area contributed by atoms with E-state index < -0.39 is 0 Å². The van der Waals surface area contributed by atoms with E-state index in [1.165, 1.54) is 6.20 Å². The largest absolute Gasteiger partial charge is 0.373 e. The normalized spacial score (nSPS) is 12.1. The minimum Gasteiger partial charge on any atom is -0.373 e. The molecule has 0 fully saturated rings. The Morgan fingerprint density at radius 1 is 1.53 bits per heavy atom. The van der Waals surface area contributed by atoms with Crippen molar-refractivity contribution in [1.82, 2.24) is 9.88 Å². The minimum absolute atomic E-state index is 0.0355. The Hall–Kier alpha value is -1.29. The number of anilines is 1. The molecule has 19 heavy (non-hydrogen) atoms. The second-order valence-electron chi connectivity index (χ2n) is 4.66. The number of carbonyl (C=O) groups excluding carboxylic acids is 1. The van der Waals surface area contributed by atoms with E-state index in [1.807, 2.05) is 11.8 Å². The summed E-state index contributed by atoms with van der Waals surface area (Å²) in [5.74, 6) is 1.09. The predicted molar refractivity (Wildman–Crippen MR) is 79.8 cm³/mol. The monoisotopic (exact) mass is 283 g/mol. The lowest BCUT2D eigenvalue weighted by atomic mass is 10.1. The number of nitrogens with one attached hydrogen (secondary N) is 1. The molecule has 1 rings (SSSR count). The van der Waals surface area contributed by atoms with Crippen molar-refractivity contribution in [3.8, 4) is 0 Å². The molecule has 0 radical (unpaired) electrons. The van der Waals surface area contributed by atoms with Crippen LogP contribution in [0.2, 0.25) is 5.02 Å². The fourth-order valence-corrected chi connectivity index (χ4v) is 1.95. The van der Waals surface area contributed by atoms with Crippen LogP contribution in [0.5, 0.6) is 0 Å². The van der Waals surface area contributed by atoms with Gasteiger partial charge in [-0.15, -0.1) is 0 Å². The lowest BCUT2D eigenvalue weighted by molar-refractivity contribution is 0.0741. The van der Waals surface area contributed by atoms with Crippen molar-refractivity contribution in [1.29, 1.82) is 0 Å². The highest BCUT2D eigenvalue weighted by atomic mass is 35.5. The Kier molecular flexibility index (Phi) is 6.09. The number of halogens is 1. The Bertz CT molecular complexity index is 437. The number of carbonyl (C=O) groups is 1. The molecule has 0 spiro atoms. The van der Waals surface area contributed by atoms with E-state index in [2.05, 4.69) is 24.1 Å². The maximum Gasteiger partial charge on any atom is 0.255 e. The molecule has 4 nitrogen and oxygen atoms in total. The van der Waals surface area contributed by atoms with Crippen molar-refractivity contribution in [3.63, 3.8) is 0 Å². The van der Waals surface area contributed by atoms with Gasteiger partial charge < -0.3 is 10.2 Å². The van der Waals surface area contributed by atoms with Crippen molar-refractivity contribution >= 4 is 23.3 Å². The molecule has 1 heterocycles. The van der Waals surface area contributed by atoms with Crippen LogP contribution in [-0.4, -0.2) is 35.9 Å². The number of amides is 1. The molecule has 1 atom stereocenters. The van der Waals surface area contributed by atoms with Crippen LogP contribution in [0, 0.1) is 5.92 Å². The third-order valence-corrected chi connectivity index (χ3v) is 3.54. The van der Waals surface area contributed by atoms with E-state index in [4.69, 9.17) is 11.6 Å². The third-order valence-electron chi connectivity index (χ3n) is 3.24. The van der Waals surface area contributed by atoms with Crippen LogP contribution in [0.1, 0.15) is 37.6 Å². The summed E-state index contributed by atoms with van der Waals surface area (Å²) in [4.78, 5) is 18.4. The van der Waals surface area contributed by atoms with Gasteiger partial charge in [0.25, 0.3) is 5.91 Å². The third kappa shape index (κ3) is 4.10. The molecule has 1 amide bonds. The lowest BCUT2D eigenvalue weighted by Gasteiger charge is -2.24. The van der Waals surface area contributed by atoms with E-state index in [0.717, 1.165) is 13.0 Å². The topological polar surface area (TPSA) is 45.2 Å². The maximum absolute atomic E-state index is 12.5. The standard InChI is InChI=1S/C14H22ClN3O/c1-5-10(3)9-18(6-2)14(19)11-7-13(16-4)17-8-12(11)15/h7-8,10H,5-6,9H2,1-4H3,(H,16,17). The summed E-state index contributed by atoms with van der Waals surface area (Å²) >= 11 is 6.08. The van der Waals surface area contributed by atoms with Gasteiger partial charge in [-0.3, -0.25) is 4.79 Å². The Labute approximate surface area is 120 Å². The van der Waals surface area contributed by atoms with Gasteiger partial charge in [0.05, 0.1) is 10.6 Å². The molecule has 1 aromatic rings. The van der Waals surface area contributed by atoms with Crippen LogP contribution in [0.3, 0.4) is 0 Å². The van der Waals surface area contributed by atoms with Gasteiger partial charge in [0.2, 0.25) is 0 Å². The van der Waals surface area contributed by atoms with E-state index in [0.29, 0.717) is 28.9 Å². The summed E-state index contributed by atoms with van der Waals surface area (Å²) in [5.41, 5.74) is 0.506. The van der Waals surface area contributed by atoms with Gasteiger partial charge in [0.15, 0.2) is 0 Å². The summed E-state index contributed by atoms with van der Waals surface area (Å²) in [6.45, 7) is 7.68. The summed E-state index contributed by atoms with van der Waals surface area (Å²) in [6.07, 6.45) is 2.56. The van der Waals surface area contributed by atoms with Crippen molar-refractivity contribution in [2.24, 2.45) is 5.92 Å². The Morgan fingerprint density at radius 2 is 2.21 bits per heavy atom. The van der Waals surface area contributed by atoms with Crippen molar-refractivity contribution in [2.75, 3.05) is 25.5 Å². The molecular weight excluding hydrogens is 262 g/mol. The fourth-order valence-electron chi connectivity index (χ4n) is 1.77. The van der Waals surface area contributed by atoms with Crippen molar-refractivity contribution in [2.45, 2.75) is 27.2 Å². The zero-order chi connectivity index (χ0) is 14.4. The molecule has 106 valence electrons. The zero-order valence-electron chi connectivity index (χ0n) is 12.0. The van der Waals surface area contributed by atoms with E-state index in [-0.39, 0.29) is 5.91 Å². The summed E-state index contributed by atoms with van der Waals surface area (Å²) in [7, 11) is 1.77.